The van der Waals surface area contributed by atoms with Crippen LogP contribution < -0.4 is 0 Å². The standard InChI is InChI=1S/C11H14O/c12-11-6-8-2-1-7-3-9(8)5-10(11)4-7/h2,7,9-10H,1,3-6H2/t7-,9-,10-/m1/s1. The minimum Gasteiger partial charge on any atom is -0.299 e. The molecule has 3 bridgehead atoms. The summed E-state index contributed by atoms with van der Waals surface area (Å²) < 4.78 is 0. The molecule has 2 fully saturated rings. The van der Waals surface area contributed by atoms with E-state index in [0.717, 1.165) is 18.3 Å². The van der Waals surface area contributed by atoms with Crippen molar-refractivity contribution in [1.82, 2.24) is 0 Å². The molecular formula is C11H14O. The van der Waals surface area contributed by atoms with Gasteiger partial charge in [0.2, 0.25) is 0 Å². The van der Waals surface area contributed by atoms with Gasteiger partial charge in [0, 0.05) is 12.3 Å². The van der Waals surface area contributed by atoms with E-state index >= 15 is 0 Å². The lowest BCUT2D eigenvalue weighted by molar-refractivity contribution is -0.126. The van der Waals surface area contributed by atoms with E-state index in [9.17, 15) is 4.79 Å². The zero-order chi connectivity index (χ0) is 8.13. The van der Waals surface area contributed by atoms with E-state index in [-0.39, 0.29) is 0 Å². The molecule has 0 aromatic rings. The van der Waals surface area contributed by atoms with Crippen LogP contribution in [0, 0.1) is 17.8 Å². The highest BCUT2D eigenvalue weighted by Crippen LogP contribution is 2.48. The van der Waals surface area contributed by atoms with Crippen LogP contribution in [-0.4, -0.2) is 5.78 Å². The second kappa shape index (κ2) is 2.21. The van der Waals surface area contributed by atoms with E-state index in [4.69, 9.17) is 0 Å². The molecule has 3 atom stereocenters. The molecule has 0 radical (unpaired) electrons. The summed E-state index contributed by atoms with van der Waals surface area (Å²) in [5.74, 6) is 2.63. The Morgan fingerprint density at radius 2 is 2.00 bits per heavy atom. The van der Waals surface area contributed by atoms with E-state index in [1.54, 1.807) is 0 Å². The van der Waals surface area contributed by atoms with Crippen molar-refractivity contribution in [1.29, 1.82) is 0 Å². The largest absolute Gasteiger partial charge is 0.299 e. The number of hydrogen-bond acceptors (Lipinski definition) is 1. The molecule has 0 unspecified atom stereocenters. The van der Waals surface area contributed by atoms with Gasteiger partial charge in [-0.15, -0.1) is 0 Å². The summed E-state index contributed by atoms with van der Waals surface area (Å²) in [6.07, 6.45) is 8.17. The highest BCUT2D eigenvalue weighted by molar-refractivity contribution is 5.85. The monoisotopic (exact) mass is 162 g/mol. The molecule has 0 N–H and O–H groups in total. The van der Waals surface area contributed by atoms with Crippen molar-refractivity contribution in [2.24, 2.45) is 17.8 Å². The molecule has 0 aromatic heterocycles. The van der Waals surface area contributed by atoms with Crippen molar-refractivity contribution in [2.75, 3.05) is 0 Å². The minimum atomic E-state index is 0.450. The van der Waals surface area contributed by atoms with Crippen molar-refractivity contribution in [2.45, 2.75) is 32.1 Å². The second-order valence-electron chi connectivity index (χ2n) is 4.62. The average Bonchev–Trinajstić information content (AvgIpc) is 2.07. The second-order valence-corrected chi connectivity index (χ2v) is 4.62. The third-order valence-corrected chi connectivity index (χ3v) is 3.88. The molecule has 1 heteroatoms. The van der Waals surface area contributed by atoms with Crippen molar-refractivity contribution in [3.63, 3.8) is 0 Å². The van der Waals surface area contributed by atoms with Crippen LogP contribution in [0.25, 0.3) is 0 Å². The molecule has 2 saturated carbocycles. The number of Topliss-reactive ketones (excluding diaryl/α,β-unsaturated/α-hetero) is 1. The molecule has 1 nitrogen and oxygen atoms in total. The Morgan fingerprint density at radius 3 is 2.92 bits per heavy atom. The molecule has 0 amide bonds. The van der Waals surface area contributed by atoms with E-state index in [1.165, 1.54) is 31.3 Å². The lowest BCUT2D eigenvalue weighted by Gasteiger charge is -2.42. The van der Waals surface area contributed by atoms with Gasteiger partial charge in [-0.3, -0.25) is 4.79 Å². The molecule has 0 aliphatic heterocycles. The van der Waals surface area contributed by atoms with E-state index < -0.39 is 0 Å². The third-order valence-electron chi connectivity index (χ3n) is 3.88. The fraction of sp³-hybridized carbons (Fsp3) is 0.727. The van der Waals surface area contributed by atoms with Crippen LogP contribution in [0.15, 0.2) is 11.6 Å². The van der Waals surface area contributed by atoms with Crippen molar-refractivity contribution in [3.05, 3.63) is 11.6 Å². The number of carbonyl (C=O) groups is 1. The predicted molar refractivity (Wildman–Crippen MR) is 46.6 cm³/mol. The first-order valence-electron chi connectivity index (χ1n) is 5.04. The zero-order valence-electron chi connectivity index (χ0n) is 7.25. The number of rotatable bonds is 0. The first kappa shape index (κ1) is 6.88. The van der Waals surface area contributed by atoms with Crippen LogP contribution in [0.5, 0.6) is 0 Å². The summed E-state index contributed by atoms with van der Waals surface area (Å²) in [6.45, 7) is 0. The van der Waals surface area contributed by atoms with Crippen LogP contribution in [0.1, 0.15) is 32.1 Å². The average molecular weight is 162 g/mol. The summed E-state index contributed by atoms with van der Waals surface area (Å²) in [6, 6.07) is 0. The molecule has 0 saturated heterocycles. The molecule has 0 aromatic carbocycles. The number of carbonyl (C=O) groups excluding carboxylic acids is 1. The van der Waals surface area contributed by atoms with E-state index in [0.29, 0.717) is 11.7 Å². The number of ketones is 1. The van der Waals surface area contributed by atoms with Gasteiger partial charge in [0.15, 0.2) is 0 Å². The normalized spacial score (nSPS) is 44.5. The highest BCUT2D eigenvalue weighted by Gasteiger charge is 2.40. The molecular weight excluding hydrogens is 148 g/mol. The molecule has 3 aliphatic rings. The molecule has 3 rings (SSSR count). The van der Waals surface area contributed by atoms with E-state index in [2.05, 4.69) is 6.08 Å². The Bertz CT molecular complexity index is 264. The van der Waals surface area contributed by atoms with Gasteiger partial charge in [-0.2, -0.15) is 0 Å². The molecule has 12 heavy (non-hydrogen) atoms. The van der Waals surface area contributed by atoms with Gasteiger partial charge < -0.3 is 0 Å². The van der Waals surface area contributed by atoms with Crippen molar-refractivity contribution >= 4 is 5.78 Å². The Balaban J connectivity index is 2.03. The van der Waals surface area contributed by atoms with Gasteiger partial charge in [-0.05, 0) is 37.5 Å². The van der Waals surface area contributed by atoms with Crippen molar-refractivity contribution < 1.29 is 4.79 Å². The maximum atomic E-state index is 11.6. The quantitative estimate of drug-likeness (QED) is 0.499. The van der Waals surface area contributed by atoms with Gasteiger partial charge in [-0.25, -0.2) is 0 Å². The number of fused-ring (bicyclic) bond motifs is 2. The Morgan fingerprint density at radius 1 is 1.17 bits per heavy atom. The topological polar surface area (TPSA) is 17.1 Å². The Hall–Kier alpha value is -0.590. The first-order chi connectivity index (χ1) is 5.83. The molecule has 64 valence electrons. The highest BCUT2D eigenvalue weighted by atomic mass is 16.1. The predicted octanol–water partition coefficient (Wildman–Crippen LogP) is 2.32. The Labute approximate surface area is 72.8 Å². The lowest BCUT2D eigenvalue weighted by atomic mass is 9.61. The van der Waals surface area contributed by atoms with E-state index in [1.807, 2.05) is 0 Å². The third kappa shape index (κ3) is 0.825. The van der Waals surface area contributed by atoms with Crippen LogP contribution >= 0.6 is 0 Å². The molecule has 3 aliphatic carbocycles. The lowest BCUT2D eigenvalue weighted by Crippen LogP contribution is -2.36. The minimum absolute atomic E-state index is 0.450. The van der Waals surface area contributed by atoms with Crippen LogP contribution in [-0.2, 0) is 4.79 Å². The summed E-state index contributed by atoms with van der Waals surface area (Å²) >= 11 is 0. The maximum absolute atomic E-state index is 11.6. The van der Waals surface area contributed by atoms with Gasteiger partial charge in [0.05, 0.1) is 0 Å². The molecule has 0 spiro atoms. The fourth-order valence-corrected chi connectivity index (χ4v) is 3.24. The maximum Gasteiger partial charge on any atom is 0.140 e. The van der Waals surface area contributed by atoms with Gasteiger partial charge in [0.25, 0.3) is 0 Å². The summed E-state index contributed by atoms with van der Waals surface area (Å²) in [4.78, 5) is 11.6. The Kier molecular flexibility index (Phi) is 1.27. The zero-order valence-corrected chi connectivity index (χ0v) is 7.25. The molecule has 0 heterocycles. The number of hydrogen-bond donors (Lipinski definition) is 0. The smallest absolute Gasteiger partial charge is 0.140 e. The summed E-state index contributed by atoms with van der Waals surface area (Å²) in [5.41, 5.74) is 1.48. The van der Waals surface area contributed by atoms with Gasteiger partial charge in [0.1, 0.15) is 5.78 Å². The SMILES string of the molecule is O=C1CC2=CC[C@H]3C[C@@H]1C[C@H]2C3. The van der Waals surface area contributed by atoms with Crippen LogP contribution in [0.4, 0.5) is 0 Å². The number of allylic oxidation sites excluding steroid dienone is 2. The first-order valence-corrected chi connectivity index (χ1v) is 5.04. The summed E-state index contributed by atoms with van der Waals surface area (Å²) in [7, 11) is 0. The van der Waals surface area contributed by atoms with Crippen LogP contribution in [0.3, 0.4) is 0 Å². The van der Waals surface area contributed by atoms with Gasteiger partial charge in [-0.1, -0.05) is 11.6 Å². The summed E-state index contributed by atoms with van der Waals surface area (Å²) in [5, 5.41) is 0. The van der Waals surface area contributed by atoms with Crippen molar-refractivity contribution in [3.8, 4) is 0 Å². The van der Waals surface area contributed by atoms with Gasteiger partial charge >= 0.3 is 0 Å². The van der Waals surface area contributed by atoms with Crippen LogP contribution in [0.2, 0.25) is 0 Å². The fourth-order valence-electron chi connectivity index (χ4n) is 3.24.